The molecule has 0 radical (unpaired) electrons. The Morgan fingerprint density at radius 3 is 2.57 bits per heavy atom. The van der Waals surface area contributed by atoms with Gasteiger partial charge < -0.3 is 9.84 Å². The summed E-state index contributed by atoms with van der Waals surface area (Å²) in [5.74, 6) is 0.937. The van der Waals surface area contributed by atoms with E-state index in [9.17, 15) is 13.9 Å². The van der Waals surface area contributed by atoms with Crippen molar-refractivity contribution in [1.29, 1.82) is 0 Å². The molecule has 2 nitrogen and oxygen atoms in total. The first-order chi connectivity index (χ1) is 11.0. The van der Waals surface area contributed by atoms with Gasteiger partial charge in [0, 0.05) is 6.42 Å². The van der Waals surface area contributed by atoms with E-state index < -0.39 is 12.3 Å². The lowest BCUT2D eigenvalue weighted by atomic mass is 9.70. The van der Waals surface area contributed by atoms with Crippen molar-refractivity contribution in [3.63, 3.8) is 0 Å². The number of rotatable bonds is 5. The molecule has 0 aromatic heterocycles. The van der Waals surface area contributed by atoms with Crippen molar-refractivity contribution in [2.24, 2.45) is 17.8 Å². The van der Waals surface area contributed by atoms with Crippen LogP contribution in [0.1, 0.15) is 46.0 Å². The predicted octanol–water partition coefficient (Wildman–Crippen LogP) is 4.14. The Labute approximate surface area is 137 Å². The van der Waals surface area contributed by atoms with Crippen molar-refractivity contribution in [2.75, 3.05) is 6.61 Å². The third kappa shape index (κ3) is 3.85. The van der Waals surface area contributed by atoms with Gasteiger partial charge in [-0.15, -0.1) is 0 Å². The van der Waals surface area contributed by atoms with Crippen LogP contribution in [-0.4, -0.2) is 36.3 Å². The lowest BCUT2D eigenvalue weighted by Gasteiger charge is -2.39. The molecule has 3 aliphatic carbocycles. The van der Waals surface area contributed by atoms with Crippen LogP contribution in [-0.2, 0) is 4.74 Å². The maximum Gasteiger partial charge on any atom is 0.124 e. The number of hydrogen-bond donors (Lipinski definition) is 1. The zero-order valence-electron chi connectivity index (χ0n) is 14.1. The first-order valence-corrected chi connectivity index (χ1v) is 8.94. The van der Waals surface area contributed by atoms with Gasteiger partial charge in [0.25, 0.3) is 0 Å². The molecule has 1 unspecified atom stereocenters. The van der Waals surface area contributed by atoms with E-state index >= 15 is 0 Å². The summed E-state index contributed by atoms with van der Waals surface area (Å²) in [5.41, 5.74) is 1.71. The van der Waals surface area contributed by atoms with Gasteiger partial charge in [-0.3, -0.25) is 0 Å². The molecule has 0 bridgehead atoms. The summed E-state index contributed by atoms with van der Waals surface area (Å²) in [4.78, 5) is 0. The van der Waals surface area contributed by atoms with Gasteiger partial charge >= 0.3 is 0 Å². The largest absolute Gasteiger partial charge is 0.392 e. The average Bonchev–Trinajstić information content (AvgIpc) is 3.31. The van der Waals surface area contributed by atoms with Crippen LogP contribution in [0.25, 0.3) is 0 Å². The number of aliphatic hydroxyl groups excluding tert-OH is 1. The highest BCUT2D eigenvalue weighted by Gasteiger charge is 2.44. The highest BCUT2D eigenvalue weighted by molar-refractivity contribution is 5.27. The van der Waals surface area contributed by atoms with Crippen molar-refractivity contribution in [2.45, 2.75) is 70.5 Å². The molecule has 4 heteroatoms. The normalized spacial score (nSPS) is 38.4. The molecule has 1 N–H and O–H groups in total. The minimum Gasteiger partial charge on any atom is -0.392 e. The molecule has 0 aromatic carbocycles. The Morgan fingerprint density at radius 2 is 2.00 bits per heavy atom. The number of halogens is 2. The lowest BCUT2D eigenvalue weighted by Crippen LogP contribution is -2.37. The Kier molecular flexibility index (Phi) is 5.22. The summed E-state index contributed by atoms with van der Waals surface area (Å²) >= 11 is 0. The van der Waals surface area contributed by atoms with Gasteiger partial charge in [-0.2, -0.15) is 0 Å². The number of hydrogen-bond acceptors (Lipinski definition) is 2. The fraction of sp³-hybridized carbons (Fsp3) is 0.789. The maximum absolute atomic E-state index is 14.5. The quantitative estimate of drug-likeness (QED) is 0.769. The first kappa shape index (κ1) is 17.1. The highest BCUT2D eigenvalue weighted by Crippen LogP contribution is 2.50. The van der Waals surface area contributed by atoms with Gasteiger partial charge in [-0.25, -0.2) is 8.78 Å². The van der Waals surface area contributed by atoms with E-state index in [4.69, 9.17) is 4.74 Å². The van der Waals surface area contributed by atoms with E-state index in [2.05, 4.69) is 6.08 Å². The Morgan fingerprint density at radius 1 is 1.26 bits per heavy atom. The molecule has 0 spiro atoms. The minimum absolute atomic E-state index is 0.00200. The molecule has 130 valence electrons. The van der Waals surface area contributed by atoms with E-state index in [0.717, 1.165) is 11.1 Å². The molecule has 3 aliphatic rings. The van der Waals surface area contributed by atoms with Crippen molar-refractivity contribution in [3.05, 3.63) is 23.3 Å². The second-order valence-corrected chi connectivity index (χ2v) is 7.57. The molecule has 0 heterocycles. The highest BCUT2D eigenvalue weighted by atomic mass is 19.1. The van der Waals surface area contributed by atoms with Crippen LogP contribution in [0.2, 0.25) is 0 Å². The summed E-state index contributed by atoms with van der Waals surface area (Å²) in [6, 6.07) is 0. The van der Waals surface area contributed by atoms with Gasteiger partial charge in [-0.05, 0) is 68.4 Å². The van der Waals surface area contributed by atoms with E-state index in [-0.39, 0.29) is 37.1 Å². The zero-order valence-corrected chi connectivity index (χ0v) is 14.1. The Hall–Kier alpha value is -0.740. The Bertz CT molecular complexity index is 482. The fourth-order valence-corrected chi connectivity index (χ4v) is 4.17. The molecule has 1 saturated carbocycles. The second kappa shape index (κ2) is 7.02. The number of aliphatic hydroxyl groups is 1. The van der Waals surface area contributed by atoms with Crippen LogP contribution in [0.4, 0.5) is 8.78 Å². The fourth-order valence-electron chi connectivity index (χ4n) is 4.17. The molecule has 23 heavy (non-hydrogen) atoms. The topological polar surface area (TPSA) is 29.5 Å². The average molecular weight is 326 g/mol. The Balaban J connectivity index is 1.86. The summed E-state index contributed by atoms with van der Waals surface area (Å²) in [6.07, 6.45) is 4.97. The van der Waals surface area contributed by atoms with Gasteiger partial charge in [-0.1, -0.05) is 12.2 Å². The van der Waals surface area contributed by atoms with E-state index in [1.807, 2.05) is 13.8 Å². The van der Waals surface area contributed by atoms with Gasteiger partial charge in [0.05, 0.1) is 18.8 Å². The van der Waals surface area contributed by atoms with Crippen LogP contribution in [0.15, 0.2) is 23.3 Å². The third-order valence-corrected chi connectivity index (χ3v) is 5.40. The maximum atomic E-state index is 14.5. The molecule has 5 atom stereocenters. The van der Waals surface area contributed by atoms with E-state index in [1.165, 1.54) is 12.8 Å². The van der Waals surface area contributed by atoms with Crippen LogP contribution in [0, 0.1) is 17.8 Å². The summed E-state index contributed by atoms with van der Waals surface area (Å²) in [6.45, 7) is 3.95. The van der Waals surface area contributed by atoms with Crippen LogP contribution < -0.4 is 0 Å². The van der Waals surface area contributed by atoms with Gasteiger partial charge in [0.15, 0.2) is 0 Å². The van der Waals surface area contributed by atoms with E-state index in [0.29, 0.717) is 18.8 Å². The molecular weight excluding hydrogens is 298 g/mol. The summed E-state index contributed by atoms with van der Waals surface area (Å²) in [5, 5.41) is 9.69. The smallest absolute Gasteiger partial charge is 0.124 e. The molecule has 1 fully saturated rings. The van der Waals surface area contributed by atoms with E-state index in [1.54, 1.807) is 6.08 Å². The van der Waals surface area contributed by atoms with Crippen LogP contribution in [0.5, 0.6) is 0 Å². The monoisotopic (exact) mass is 326 g/mol. The van der Waals surface area contributed by atoms with Crippen molar-refractivity contribution in [1.82, 2.24) is 0 Å². The third-order valence-electron chi connectivity index (χ3n) is 5.40. The van der Waals surface area contributed by atoms with Gasteiger partial charge in [0.2, 0.25) is 0 Å². The zero-order chi connectivity index (χ0) is 16.6. The molecular formula is C19H28F2O2. The molecule has 3 rings (SSSR count). The van der Waals surface area contributed by atoms with Crippen molar-refractivity contribution < 1.29 is 18.6 Å². The summed E-state index contributed by atoms with van der Waals surface area (Å²) < 4.78 is 33.9. The SMILES string of the molecule is CC(C)O[C@H]1C[C@@H](C2=CC[C@H](F)C[C@@H]2F)C(C2CC2)C=C1CO. The predicted molar refractivity (Wildman–Crippen MR) is 86.6 cm³/mol. The molecule has 0 aromatic rings. The summed E-state index contributed by atoms with van der Waals surface area (Å²) in [7, 11) is 0. The molecule has 0 aliphatic heterocycles. The standard InChI is InChI=1S/C19H28F2O2/c1-11(2)23-19-9-17(15-6-5-14(20)8-18(15)21)16(12-3-4-12)7-13(19)10-22/h6-7,11-12,14,16-19,22H,3-5,8-10H2,1-2H3/t14-,16?,17-,18-,19-/m0/s1. The number of allylic oxidation sites excluding steroid dienone is 3. The number of alkyl halides is 2. The minimum atomic E-state index is -1.17. The molecule has 0 amide bonds. The van der Waals surface area contributed by atoms with Crippen molar-refractivity contribution >= 4 is 0 Å². The second-order valence-electron chi connectivity index (χ2n) is 7.57. The van der Waals surface area contributed by atoms with Crippen LogP contribution in [0.3, 0.4) is 0 Å². The van der Waals surface area contributed by atoms with Gasteiger partial charge in [0.1, 0.15) is 12.3 Å². The number of ether oxygens (including phenoxy) is 1. The first-order valence-electron chi connectivity index (χ1n) is 8.94. The molecule has 0 saturated heterocycles. The van der Waals surface area contributed by atoms with Crippen LogP contribution >= 0.6 is 0 Å². The lowest BCUT2D eigenvalue weighted by molar-refractivity contribution is 0.00131. The van der Waals surface area contributed by atoms with Crippen molar-refractivity contribution in [3.8, 4) is 0 Å².